The van der Waals surface area contributed by atoms with Crippen molar-refractivity contribution in [2.45, 2.75) is 19.3 Å². The summed E-state index contributed by atoms with van der Waals surface area (Å²) in [6, 6.07) is 35.9. The van der Waals surface area contributed by atoms with Crippen molar-refractivity contribution in [1.82, 2.24) is 9.97 Å². The minimum absolute atomic E-state index is 0.108. The minimum atomic E-state index is -0.108. The fourth-order valence-corrected chi connectivity index (χ4v) is 6.60. The monoisotopic (exact) mass is 528 g/mol. The molecule has 4 heterocycles. The van der Waals surface area contributed by atoms with E-state index in [-0.39, 0.29) is 5.41 Å². The van der Waals surface area contributed by atoms with E-state index >= 15 is 0 Å². The third-order valence-corrected chi connectivity index (χ3v) is 8.75. The Kier molecular flexibility index (Phi) is 4.36. The molecule has 0 unspecified atom stereocenters. The van der Waals surface area contributed by atoms with E-state index in [1.165, 1.54) is 11.1 Å². The molecule has 1 aliphatic rings. The molecular weight excluding hydrogens is 504 g/mol. The van der Waals surface area contributed by atoms with Crippen LogP contribution < -0.4 is 0 Å². The van der Waals surface area contributed by atoms with E-state index in [0.29, 0.717) is 0 Å². The van der Waals surface area contributed by atoms with E-state index in [2.05, 4.69) is 92.7 Å². The highest BCUT2D eigenvalue weighted by Gasteiger charge is 2.37. The molecule has 0 bridgehead atoms. The smallest absolute Gasteiger partial charge is 0.178 e. The molecule has 9 rings (SSSR count). The van der Waals surface area contributed by atoms with Gasteiger partial charge in [0.1, 0.15) is 11.2 Å². The average Bonchev–Trinajstić information content (AvgIpc) is 3.65. The molecule has 4 aromatic carbocycles. The van der Waals surface area contributed by atoms with Gasteiger partial charge in [0, 0.05) is 38.7 Å². The van der Waals surface area contributed by atoms with Crippen LogP contribution in [-0.4, -0.2) is 9.97 Å². The third kappa shape index (κ3) is 3.10. The van der Waals surface area contributed by atoms with Crippen LogP contribution in [0.25, 0.3) is 77.6 Å². The number of pyridine rings is 2. The van der Waals surface area contributed by atoms with Gasteiger partial charge in [0.25, 0.3) is 0 Å². The van der Waals surface area contributed by atoms with Gasteiger partial charge in [0.2, 0.25) is 0 Å². The van der Waals surface area contributed by atoms with Crippen molar-refractivity contribution in [3.8, 4) is 33.8 Å². The maximum atomic E-state index is 6.36. The molecule has 0 atom stereocenters. The topological polar surface area (TPSA) is 52.1 Å². The van der Waals surface area contributed by atoms with Gasteiger partial charge in [-0.3, -0.25) is 4.98 Å². The molecule has 0 N–H and O–H groups in total. The van der Waals surface area contributed by atoms with Crippen molar-refractivity contribution in [3.05, 3.63) is 120 Å². The summed E-state index contributed by atoms with van der Waals surface area (Å²) in [6.07, 6.45) is 1.86. The number of fused-ring (bicyclic) bond motifs is 10. The quantitative estimate of drug-likeness (QED) is 0.224. The van der Waals surface area contributed by atoms with Crippen molar-refractivity contribution in [2.75, 3.05) is 0 Å². The standard InChI is InChI=1S/C37H24N2O2/c1-37(2)28-10-6-18-38-33(28)34-29(37)15-16-30(39-34)23-8-5-7-21(19-23)22-12-17-32-27(20-22)26-14-13-25-24-9-3-4-11-31(24)40-35(25)36(26)41-32/h3-20H,1-2H3. The maximum Gasteiger partial charge on any atom is 0.178 e. The average molecular weight is 529 g/mol. The van der Waals surface area contributed by atoms with Crippen molar-refractivity contribution in [2.24, 2.45) is 0 Å². The molecule has 8 aromatic rings. The lowest BCUT2D eigenvalue weighted by molar-refractivity contribution is 0.633. The van der Waals surface area contributed by atoms with Crippen LogP contribution in [0, 0.1) is 0 Å². The van der Waals surface area contributed by atoms with Crippen LogP contribution in [0.2, 0.25) is 0 Å². The molecule has 0 radical (unpaired) electrons. The number of benzene rings is 4. The second-order valence-electron chi connectivity index (χ2n) is 11.4. The second kappa shape index (κ2) is 7.92. The van der Waals surface area contributed by atoms with Gasteiger partial charge in [-0.25, -0.2) is 4.98 Å². The van der Waals surface area contributed by atoms with Gasteiger partial charge in [-0.05, 0) is 70.8 Å². The predicted octanol–water partition coefficient (Wildman–Crippen LogP) is 9.92. The zero-order chi connectivity index (χ0) is 27.3. The lowest BCUT2D eigenvalue weighted by Gasteiger charge is -2.20. The molecule has 4 aromatic heterocycles. The molecule has 1 aliphatic carbocycles. The van der Waals surface area contributed by atoms with Crippen LogP contribution in [0.1, 0.15) is 25.0 Å². The van der Waals surface area contributed by atoms with Gasteiger partial charge < -0.3 is 8.83 Å². The number of rotatable bonds is 2. The minimum Gasteiger partial charge on any atom is -0.452 e. The lowest BCUT2D eigenvalue weighted by Crippen LogP contribution is -2.15. The molecule has 194 valence electrons. The van der Waals surface area contributed by atoms with Crippen molar-refractivity contribution in [1.29, 1.82) is 0 Å². The SMILES string of the molecule is CC1(C)c2cccnc2-c2nc(-c3cccc(-c4ccc5oc6c(ccc7c8ccccc8oc76)c5c4)c3)ccc21. The summed E-state index contributed by atoms with van der Waals surface area (Å²) in [6.45, 7) is 4.49. The van der Waals surface area contributed by atoms with Crippen molar-refractivity contribution < 1.29 is 8.83 Å². The number of para-hydroxylation sites is 1. The summed E-state index contributed by atoms with van der Waals surface area (Å²) in [5, 5.41) is 4.30. The van der Waals surface area contributed by atoms with E-state index < -0.39 is 0 Å². The van der Waals surface area contributed by atoms with E-state index in [4.69, 9.17) is 18.8 Å². The summed E-state index contributed by atoms with van der Waals surface area (Å²) in [4.78, 5) is 9.83. The largest absolute Gasteiger partial charge is 0.452 e. The van der Waals surface area contributed by atoms with Crippen LogP contribution in [0.3, 0.4) is 0 Å². The van der Waals surface area contributed by atoms with Crippen molar-refractivity contribution in [3.63, 3.8) is 0 Å². The first-order valence-electron chi connectivity index (χ1n) is 13.9. The predicted molar refractivity (Wildman–Crippen MR) is 165 cm³/mol. The van der Waals surface area contributed by atoms with Gasteiger partial charge in [0.05, 0.1) is 17.1 Å². The fraction of sp³-hybridized carbons (Fsp3) is 0.0811. The normalized spacial score (nSPS) is 13.8. The molecule has 4 nitrogen and oxygen atoms in total. The Labute approximate surface area is 235 Å². The Balaban J connectivity index is 1.16. The molecule has 0 spiro atoms. The summed E-state index contributed by atoms with van der Waals surface area (Å²) >= 11 is 0. The highest BCUT2D eigenvalue weighted by molar-refractivity contribution is 6.19. The first-order chi connectivity index (χ1) is 20.1. The molecule has 0 amide bonds. The highest BCUT2D eigenvalue weighted by Crippen LogP contribution is 2.47. The van der Waals surface area contributed by atoms with Gasteiger partial charge in [0.15, 0.2) is 11.2 Å². The highest BCUT2D eigenvalue weighted by atomic mass is 16.4. The summed E-state index contributed by atoms with van der Waals surface area (Å²) in [5.74, 6) is 0. The first kappa shape index (κ1) is 22.6. The van der Waals surface area contributed by atoms with Gasteiger partial charge in [-0.2, -0.15) is 0 Å². The molecular formula is C37H24N2O2. The van der Waals surface area contributed by atoms with Crippen LogP contribution in [-0.2, 0) is 5.41 Å². The number of hydrogen-bond acceptors (Lipinski definition) is 4. The van der Waals surface area contributed by atoms with Crippen LogP contribution in [0.15, 0.2) is 118 Å². The Morgan fingerprint density at radius 1 is 0.537 bits per heavy atom. The lowest BCUT2D eigenvalue weighted by atomic mass is 9.83. The molecule has 4 heteroatoms. The molecule has 0 aliphatic heterocycles. The number of hydrogen-bond donors (Lipinski definition) is 0. The van der Waals surface area contributed by atoms with E-state index in [9.17, 15) is 0 Å². The summed E-state index contributed by atoms with van der Waals surface area (Å²) in [7, 11) is 0. The van der Waals surface area contributed by atoms with E-state index in [1.807, 2.05) is 30.5 Å². The Bertz CT molecular complexity index is 2360. The number of furan rings is 2. The van der Waals surface area contributed by atoms with E-state index in [0.717, 1.165) is 77.6 Å². The maximum absolute atomic E-state index is 6.36. The third-order valence-electron chi connectivity index (χ3n) is 8.75. The van der Waals surface area contributed by atoms with Crippen LogP contribution >= 0.6 is 0 Å². The molecule has 41 heavy (non-hydrogen) atoms. The summed E-state index contributed by atoms with van der Waals surface area (Å²) in [5.41, 5.74) is 11.9. The Morgan fingerprint density at radius 2 is 1.27 bits per heavy atom. The van der Waals surface area contributed by atoms with Gasteiger partial charge >= 0.3 is 0 Å². The Hall–Kier alpha value is -5.22. The molecule has 0 saturated heterocycles. The van der Waals surface area contributed by atoms with Gasteiger partial charge in [-0.15, -0.1) is 0 Å². The van der Waals surface area contributed by atoms with Crippen molar-refractivity contribution >= 4 is 43.9 Å². The second-order valence-corrected chi connectivity index (χ2v) is 11.4. The first-order valence-corrected chi connectivity index (χ1v) is 13.9. The zero-order valence-electron chi connectivity index (χ0n) is 22.6. The fourth-order valence-electron chi connectivity index (χ4n) is 6.60. The Morgan fingerprint density at radius 3 is 2.15 bits per heavy atom. The zero-order valence-corrected chi connectivity index (χ0v) is 22.6. The summed E-state index contributed by atoms with van der Waals surface area (Å²) < 4.78 is 12.6. The number of aromatic nitrogens is 2. The van der Waals surface area contributed by atoms with Gasteiger partial charge in [-0.1, -0.05) is 68.4 Å². The van der Waals surface area contributed by atoms with E-state index in [1.54, 1.807) is 0 Å². The van der Waals surface area contributed by atoms with Crippen LogP contribution in [0.5, 0.6) is 0 Å². The molecule has 0 fully saturated rings. The number of nitrogens with zero attached hydrogens (tertiary/aromatic N) is 2. The van der Waals surface area contributed by atoms with Crippen LogP contribution in [0.4, 0.5) is 0 Å². The molecule has 0 saturated carbocycles.